The second-order valence-corrected chi connectivity index (χ2v) is 3.79. The molecule has 7 heteroatoms. The average molecular weight is 284 g/mol. The van der Waals surface area contributed by atoms with Crippen molar-refractivity contribution in [2.75, 3.05) is 14.1 Å². The number of nitrogens with zero attached hydrogens (tertiary/aromatic N) is 1. The summed E-state index contributed by atoms with van der Waals surface area (Å²) >= 11 is 0. The van der Waals surface area contributed by atoms with Gasteiger partial charge in [0.25, 0.3) is 0 Å². The highest BCUT2D eigenvalue weighted by atomic mass is 35.5. The summed E-state index contributed by atoms with van der Waals surface area (Å²) in [6, 6.07) is 3.38. The predicted octanol–water partition coefficient (Wildman–Crippen LogP) is 2.81. The molecule has 0 aliphatic carbocycles. The predicted molar refractivity (Wildman–Crippen MR) is 62.8 cm³/mol. The average Bonchev–Trinajstić information content (AvgIpc) is 2.15. The van der Waals surface area contributed by atoms with E-state index in [0.29, 0.717) is 0 Å². The summed E-state index contributed by atoms with van der Waals surface area (Å²) in [5.74, 6) is -1.31. The molecule has 0 amide bonds. The van der Waals surface area contributed by atoms with Crippen LogP contribution >= 0.6 is 12.4 Å². The van der Waals surface area contributed by atoms with Gasteiger partial charge < -0.3 is 5.11 Å². The number of aliphatic carboxylic acids is 1. The number of halogens is 4. The van der Waals surface area contributed by atoms with Crippen molar-refractivity contribution >= 4 is 18.4 Å². The van der Waals surface area contributed by atoms with Gasteiger partial charge in [0, 0.05) is 0 Å². The molecule has 0 aliphatic rings. The molecule has 1 atom stereocenters. The Morgan fingerprint density at radius 1 is 1.28 bits per heavy atom. The lowest BCUT2D eigenvalue weighted by molar-refractivity contribution is -0.144. The lowest BCUT2D eigenvalue weighted by atomic mass is 9.99. The van der Waals surface area contributed by atoms with E-state index in [1.165, 1.54) is 37.2 Å². The Labute approximate surface area is 109 Å². The van der Waals surface area contributed by atoms with Crippen LogP contribution in [0.5, 0.6) is 0 Å². The Morgan fingerprint density at radius 3 is 2.17 bits per heavy atom. The van der Waals surface area contributed by atoms with E-state index in [-0.39, 0.29) is 18.0 Å². The molecule has 0 saturated heterocycles. The SMILES string of the molecule is CN(C)C(C(=O)O)c1ccccc1C(F)(F)F.Cl. The lowest BCUT2D eigenvalue weighted by Crippen LogP contribution is -2.29. The Bertz CT molecular complexity index is 421. The highest BCUT2D eigenvalue weighted by molar-refractivity contribution is 5.85. The van der Waals surface area contributed by atoms with Crippen molar-refractivity contribution in [3.8, 4) is 0 Å². The first kappa shape index (κ1) is 16.7. The van der Waals surface area contributed by atoms with E-state index in [9.17, 15) is 18.0 Å². The number of carboxylic acid groups (broad SMARTS) is 1. The molecule has 3 nitrogen and oxygen atoms in total. The van der Waals surface area contributed by atoms with Gasteiger partial charge in [0.2, 0.25) is 0 Å². The molecule has 0 aromatic heterocycles. The normalized spacial score (nSPS) is 13.0. The van der Waals surface area contributed by atoms with Crippen LogP contribution in [-0.4, -0.2) is 30.1 Å². The molecular formula is C11H13ClF3NO2. The fourth-order valence-corrected chi connectivity index (χ4v) is 1.63. The number of alkyl halides is 3. The van der Waals surface area contributed by atoms with E-state index >= 15 is 0 Å². The van der Waals surface area contributed by atoms with E-state index in [1.807, 2.05) is 0 Å². The van der Waals surface area contributed by atoms with Crippen LogP contribution in [-0.2, 0) is 11.0 Å². The van der Waals surface area contributed by atoms with Gasteiger partial charge in [0.1, 0.15) is 6.04 Å². The smallest absolute Gasteiger partial charge is 0.416 e. The Kier molecular flexibility index (Phi) is 5.63. The van der Waals surface area contributed by atoms with Crippen LogP contribution < -0.4 is 0 Å². The van der Waals surface area contributed by atoms with E-state index in [0.717, 1.165) is 6.07 Å². The van der Waals surface area contributed by atoms with Crippen LogP contribution in [0.1, 0.15) is 17.2 Å². The number of benzene rings is 1. The molecule has 0 aliphatic heterocycles. The molecule has 1 rings (SSSR count). The van der Waals surface area contributed by atoms with E-state index < -0.39 is 23.8 Å². The topological polar surface area (TPSA) is 40.5 Å². The summed E-state index contributed by atoms with van der Waals surface area (Å²) in [6.07, 6.45) is -4.56. The maximum absolute atomic E-state index is 12.7. The van der Waals surface area contributed by atoms with Crippen LogP contribution in [0.2, 0.25) is 0 Å². The monoisotopic (exact) mass is 283 g/mol. The summed E-state index contributed by atoms with van der Waals surface area (Å²) in [4.78, 5) is 12.2. The number of likely N-dealkylation sites (N-methyl/N-ethyl adjacent to an activating group) is 1. The molecule has 0 saturated carbocycles. The van der Waals surface area contributed by atoms with Crippen molar-refractivity contribution in [2.24, 2.45) is 0 Å². The van der Waals surface area contributed by atoms with Crippen LogP contribution in [0.3, 0.4) is 0 Å². The number of carbonyl (C=O) groups is 1. The van der Waals surface area contributed by atoms with Gasteiger partial charge in [-0.15, -0.1) is 12.4 Å². The Hall–Kier alpha value is -1.27. The van der Waals surface area contributed by atoms with Gasteiger partial charge in [0.15, 0.2) is 0 Å². The molecule has 18 heavy (non-hydrogen) atoms. The highest BCUT2D eigenvalue weighted by Crippen LogP contribution is 2.35. The summed E-state index contributed by atoms with van der Waals surface area (Å²) in [5.41, 5.74) is -1.17. The number of hydrogen-bond acceptors (Lipinski definition) is 2. The first-order valence-electron chi connectivity index (χ1n) is 4.80. The summed E-state index contributed by atoms with van der Waals surface area (Å²) in [5, 5.41) is 8.98. The zero-order valence-electron chi connectivity index (χ0n) is 9.73. The van der Waals surface area contributed by atoms with Gasteiger partial charge in [-0.2, -0.15) is 13.2 Å². The molecule has 0 bridgehead atoms. The van der Waals surface area contributed by atoms with Gasteiger partial charge in [-0.3, -0.25) is 9.69 Å². The molecule has 0 fully saturated rings. The molecule has 1 aromatic rings. The first-order chi connectivity index (χ1) is 7.75. The zero-order chi connectivity index (χ0) is 13.2. The third-order valence-electron chi connectivity index (χ3n) is 2.31. The minimum absolute atomic E-state index is 0. The molecule has 1 aromatic carbocycles. The lowest BCUT2D eigenvalue weighted by Gasteiger charge is -2.23. The Morgan fingerprint density at radius 2 is 1.78 bits per heavy atom. The molecule has 0 spiro atoms. The number of rotatable bonds is 3. The van der Waals surface area contributed by atoms with Gasteiger partial charge in [0.05, 0.1) is 5.56 Å². The maximum Gasteiger partial charge on any atom is 0.416 e. The van der Waals surface area contributed by atoms with Crippen molar-refractivity contribution in [3.63, 3.8) is 0 Å². The Balaban J connectivity index is 0.00000289. The first-order valence-corrected chi connectivity index (χ1v) is 4.80. The van der Waals surface area contributed by atoms with Crippen molar-refractivity contribution in [2.45, 2.75) is 12.2 Å². The van der Waals surface area contributed by atoms with E-state index in [1.54, 1.807) is 0 Å². The fourth-order valence-electron chi connectivity index (χ4n) is 1.63. The second-order valence-electron chi connectivity index (χ2n) is 3.79. The van der Waals surface area contributed by atoms with Crippen LogP contribution in [0, 0.1) is 0 Å². The summed E-state index contributed by atoms with van der Waals surface area (Å²) in [7, 11) is 2.85. The van der Waals surface area contributed by atoms with Gasteiger partial charge in [-0.05, 0) is 25.7 Å². The minimum Gasteiger partial charge on any atom is -0.480 e. The third-order valence-corrected chi connectivity index (χ3v) is 2.31. The third kappa shape index (κ3) is 3.61. The molecular weight excluding hydrogens is 271 g/mol. The van der Waals surface area contributed by atoms with Crippen LogP contribution in [0.4, 0.5) is 13.2 Å². The highest BCUT2D eigenvalue weighted by Gasteiger charge is 2.37. The van der Waals surface area contributed by atoms with Gasteiger partial charge in [-0.25, -0.2) is 0 Å². The largest absolute Gasteiger partial charge is 0.480 e. The fraction of sp³-hybridized carbons (Fsp3) is 0.364. The minimum atomic E-state index is -4.56. The number of carboxylic acids is 1. The summed E-state index contributed by atoms with van der Waals surface area (Å²) < 4.78 is 38.2. The number of hydrogen-bond donors (Lipinski definition) is 1. The quantitative estimate of drug-likeness (QED) is 0.927. The molecule has 102 valence electrons. The van der Waals surface area contributed by atoms with Crippen LogP contribution in [0.25, 0.3) is 0 Å². The van der Waals surface area contributed by atoms with Gasteiger partial charge in [-0.1, -0.05) is 18.2 Å². The maximum atomic E-state index is 12.7. The van der Waals surface area contributed by atoms with Crippen molar-refractivity contribution in [1.82, 2.24) is 4.90 Å². The van der Waals surface area contributed by atoms with Crippen molar-refractivity contribution in [1.29, 1.82) is 0 Å². The van der Waals surface area contributed by atoms with Crippen LogP contribution in [0.15, 0.2) is 24.3 Å². The summed E-state index contributed by atoms with van der Waals surface area (Å²) in [6.45, 7) is 0. The van der Waals surface area contributed by atoms with Gasteiger partial charge >= 0.3 is 12.1 Å². The standard InChI is InChI=1S/C11H12F3NO2.ClH/c1-15(2)9(10(16)17)7-5-3-4-6-8(7)11(12,13)14;/h3-6,9H,1-2H3,(H,16,17);1H. The molecule has 0 radical (unpaired) electrons. The molecule has 1 unspecified atom stereocenters. The zero-order valence-corrected chi connectivity index (χ0v) is 10.5. The van der Waals surface area contributed by atoms with Crippen molar-refractivity contribution in [3.05, 3.63) is 35.4 Å². The van der Waals surface area contributed by atoms with E-state index in [4.69, 9.17) is 5.11 Å². The molecule has 1 N–H and O–H groups in total. The van der Waals surface area contributed by atoms with Crippen molar-refractivity contribution < 1.29 is 23.1 Å². The molecule has 0 heterocycles. The second kappa shape index (κ2) is 6.06. The van der Waals surface area contributed by atoms with E-state index in [2.05, 4.69) is 0 Å².